The van der Waals surface area contributed by atoms with Crippen molar-refractivity contribution in [2.24, 2.45) is 0 Å². The number of amides is 1. The van der Waals surface area contributed by atoms with Crippen LogP contribution in [-0.2, 0) is 11.2 Å². The predicted molar refractivity (Wildman–Crippen MR) is 102 cm³/mol. The molecule has 0 saturated heterocycles. The molecule has 0 spiro atoms. The summed E-state index contributed by atoms with van der Waals surface area (Å²) in [6, 6.07) is 14.1. The number of aryl methyl sites for hydroxylation is 1. The average molecular weight is 364 g/mol. The van der Waals surface area contributed by atoms with Gasteiger partial charge in [0.1, 0.15) is 11.5 Å². The van der Waals surface area contributed by atoms with Crippen LogP contribution in [0.25, 0.3) is 11.5 Å². The molecule has 0 atom stereocenters. The number of methoxy groups -OCH3 is 1. The van der Waals surface area contributed by atoms with Crippen molar-refractivity contribution in [2.45, 2.75) is 20.3 Å². The number of hydrogen-bond acceptors (Lipinski definition) is 5. The number of hydrogen-bond donors (Lipinski definition) is 1. The number of benzene rings is 2. The Kier molecular flexibility index (Phi) is 5.35. The molecule has 138 valence electrons. The van der Waals surface area contributed by atoms with Gasteiger partial charge in [0.15, 0.2) is 5.78 Å². The largest absolute Gasteiger partial charge is 0.497 e. The van der Waals surface area contributed by atoms with Crippen LogP contribution in [0.1, 0.15) is 28.7 Å². The van der Waals surface area contributed by atoms with E-state index < -0.39 is 0 Å². The number of rotatable bonds is 6. The number of carbonyl (C=O) groups is 2. The van der Waals surface area contributed by atoms with Gasteiger partial charge in [0.2, 0.25) is 11.8 Å². The number of oxazole rings is 1. The first-order chi connectivity index (χ1) is 13.0. The van der Waals surface area contributed by atoms with Gasteiger partial charge in [-0.3, -0.25) is 9.59 Å². The van der Waals surface area contributed by atoms with Crippen molar-refractivity contribution >= 4 is 17.4 Å². The maximum absolute atomic E-state index is 12.3. The van der Waals surface area contributed by atoms with Crippen LogP contribution in [0.4, 0.5) is 5.69 Å². The number of nitrogens with one attached hydrogen (secondary N) is 1. The van der Waals surface area contributed by atoms with Crippen LogP contribution < -0.4 is 10.1 Å². The van der Waals surface area contributed by atoms with E-state index in [0.29, 0.717) is 28.6 Å². The zero-order chi connectivity index (χ0) is 19.4. The number of ketones is 1. The molecule has 6 nitrogen and oxygen atoms in total. The maximum Gasteiger partial charge on any atom is 0.230 e. The van der Waals surface area contributed by atoms with Crippen molar-refractivity contribution < 1.29 is 18.7 Å². The summed E-state index contributed by atoms with van der Waals surface area (Å²) in [5, 5.41) is 2.80. The summed E-state index contributed by atoms with van der Waals surface area (Å²) in [4.78, 5) is 28.0. The number of nitrogens with zero attached hydrogens (tertiary/aromatic N) is 1. The van der Waals surface area contributed by atoms with Crippen LogP contribution in [0.2, 0.25) is 0 Å². The molecule has 0 aliphatic rings. The van der Waals surface area contributed by atoms with Gasteiger partial charge in [-0.1, -0.05) is 0 Å². The van der Waals surface area contributed by atoms with Crippen molar-refractivity contribution in [1.82, 2.24) is 4.98 Å². The van der Waals surface area contributed by atoms with Crippen LogP contribution in [0.5, 0.6) is 5.75 Å². The van der Waals surface area contributed by atoms with E-state index in [0.717, 1.165) is 11.3 Å². The third-order valence-electron chi connectivity index (χ3n) is 4.13. The molecule has 0 saturated carbocycles. The van der Waals surface area contributed by atoms with E-state index in [1.54, 1.807) is 38.3 Å². The van der Waals surface area contributed by atoms with E-state index in [9.17, 15) is 9.59 Å². The molecule has 0 unspecified atom stereocenters. The summed E-state index contributed by atoms with van der Waals surface area (Å²) in [6.45, 7) is 3.28. The maximum atomic E-state index is 12.3. The summed E-state index contributed by atoms with van der Waals surface area (Å²) >= 11 is 0. The Morgan fingerprint density at radius 1 is 1.07 bits per heavy atom. The molecule has 0 bridgehead atoms. The van der Waals surface area contributed by atoms with Gasteiger partial charge >= 0.3 is 0 Å². The summed E-state index contributed by atoms with van der Waals surface area (Å²) < 4.78 is 10.8. The lowest BCUT2D eigenvalue weighted by atomic mass is 10.1. The molecule has 1 aromatic heterocycles. The van der Waals surface area contributed by atoms with Gasteiger partial charge in [-0.25, -0.2) is 4.98 Å². The monoisotopic (exact) mass is 364 g/mol. The minimum absolute atomic E-state index is 0.0165. The Labute approximate surface area is 157 Å². The number of ether oxygens (including phenoxy) is 1. The fourth-order valence-corrected chi connectivity index (χ4v) is 2.59. The van der Waals surface area contributed by atoms with Crippen LogP contribution >= 0.6 is 0 Å². The molecule has 2 aromatic carbocycles. The van der Waals surface area contributed by atoms with Crippen molar-refractivity contribution in [3.63, 3.8) is 0 Å². The molecular weight excluding hydrogens is 344 g/mol. The van der Waals surface area contributed by atoms with Gasteiger partial charge in [0, 0.05) is 16.8 Å². The second kappa shape index (κ2) is 7.86. The van der Waals surface area contributed by atoms with Crippen molar-refractivity contribution in [2.75, 3.05) is 12.4 Å². The Bertz CT molecular complexity index is 957. The minimum atomic E-state index is -0.205. The van der Waals surface area contributed by atoms with Crippen molar-refractivity contribution in [3.05, 3.63) is 65.5 Å². The fraction of sp³-hybridized carbons (Fsp3) is 0.190. The molecule has 1 N–H and O–H groups in total. The van der Waals surface area contributed by atoms with Crippen LogP contribution in [0.3, 0.4) is 0 Å². The highest BCUT2D eigenvalue weighted by Gasteiger charge is 2.15. The first-order valence-corrected chi connectivity index (χ1v) is 8.48. The topological polar surface area (TPSA) is 81.4 Å². The normalized spacial score (nSPS) is 10.5. The van der Waals surface area contributed by atoms with E-state index in [1.165, 1.54) is 6.92 Å². The van der Waals surface area contributed by atoms with Crippen LogP contribution in [0, 0.1) is 6.92 Å². The van der Waals surface area contributed by atoms with Gasteiger partial charge in [-0.15, -0.1) is 0 Å². The Morgan fingerprint density at radius 3 is 2.33 bits per heavy atom. The summed E-state index contributed by atoms with van der Waals surface area (Å²) in [5.74, 6) is 1.59. The standard InChI is InChI=1S/C21H20N2O4/c1-13(24)15-4-8-17(9-5-15)22-20(25)12-19-14(2)27-21(23-19)16-6-10-18(26-3)11-7-16/h4-11H,12H2,1-3H3,(H,22,25). The van der Waals surface area contributed by atoms with E-state index in [-0.39, 0.29) is 18.1 Å². The summed E-state index contributed by atoms with van der Waals surface area (Å²) in [7, 11) is 1.61. The Balaban J connectivity index is 1.68. The van der Waals surface area contributed by atoms with E-state index >= 15 is 0 Å². The smallest absolute Gasteiger partial charge is 0.230 e. The average Bonchev–Trinajstić information content (AvgIpc) is 3.02. The van der Waals surface area contributed by atoms with Gasteiger partial charge in [0.25, 0.3) is 0 Å². The lowest BCUT2D eigenvalue weighted by molar-refractivity contribution is -0.115. The zero-order valence-corrected chi connectivity index (χ0v) is 15.4. The molecule has 0 fully saturated rings. The second-order valence-electron chi connectivity index (χ2n) is 6.11. The van der Waals surface area contributed by atoms with Gasteiger partial charge in [0.05, 0.1) is 19.2 Å². The molecule has 6 heteroatoms. The predicted octanol–water partition coefficient (Wildman–Crippen LogP) is 4.04. The highest BCUT2D eigenvalue weighted by Crippen LogP contribution is 2.24. The number of aromatic nitrogens is 1. The Hall–Kier alpha value is -3.41. The third-order valence-corrected chi connectivity index (χ3v) is 4.13. The molecule has 0 radical (unpaired) electrons. The summed E-state index contributed by atoms with van der Waals surface area (Å²) in [5.41, 5.74) is 2.62. The molecule has 3 rings (SSSR count). The highest BCUT2D eigenvalue weighted by molar-refractivity contribution is 5.96. The minimum Gasteiger partial charge on any atom is -0.497 e. The molecular formula is C21H20N2O4. The molecule has 0 aliphatic heterocycles. The Morgan fingerprint density at radius 2 is 1.74 bits per heavy atom. The zero-order valence-electron chi connectivity index (χ0n) is 15.4. The van der Waals surface area contributed by atoms with Gasteiger partial charge in [-0.05, 0) is 62.4 Å². The van der Waals surface area contributed by atoms with Gasteiger partial charge < -0.3 is 14.5 Å². The second-order valence-corrected chi connectivity index (χ2v) is 6.11. The summed E-state index contributed by atoms with van der Waals surface area (Å²) in [6.07, 6.45) is 0.0972. The van der Waals surface area contributed by atoms with Crippen molar-refractivity contribution in [1.29, 1.82) is 0 Å². The molecule has 1 amide bonds. The van der Waals surface area contributed by atoms with Crippen LogP contribution in [0.15, 0.2) is 52.9 Å². The molecule has 1 heterocycles. The number of carbonyl (C=O) groups excluding carboxylic acids is 2. The van der Waals surface area contributed by atoms with E-state index in [1.807, 2.05) is 24.3 Å². The number of anilines is 1. The quantitative estimate of drug-likeness (QED) is 0.668. The number of Topliss-reactive ketones (excluding diaryl/α,β-unsaturated/α-hetero) is 1. The lowest BCUT2D eigenvalue weighted by Crippen LogP contribution is -2.15. The lowest BCUT2D eigenvalue weighted by Gasteiger charge is -2.05. The molecule has 27 heavy (non-hydrogen) atoms. The molecule has 3 aromatic rings. The van der Waals surface area contributed by atoms with E-state index in [2.05, 4.69) is 10.3 Å². The first-order valence-electron chi connectivity index (χ1n) is 8.48. The van der Waals surface area contributed by atoms with E-state index in [4.69, 9.17) is 9.15 Å². The SMILES string of the molecule is COc1ccc(-c2nc(CC(=O)Nc3ccc(C(C)=O)cc3)c(C)o2)cc1. The molecule has 0 aliphatic carbocycles. The first kappa shape index (κ1) is 18.4. The van der Waals surface area contributed by atoms with Crippen LogP contribution in [-0.4, -0.2) is 23.8 Å². The van der Waals surface area contributed by atoms with Gasteiger partial charge in [-0.2, -0.15) is 0 Å². The third kappa shape index (κ3) is 4.41. The fourth-order valence-electron chi connectivity index (χ4n) is 2.59. The highest BCUT2D eigenvalue weighted by atomic mass is 16.5. The van der Waals surface area contributed by atoms with Crippen molar-refractivity contribution in [3.8, 4) is 17.2 Å².